The number of methoxy groups -OCH3 is 2. The normalized spacial score (nSPS) is 18.5. The van der Waals surface area contributed by atoms with Crippen LogP contribution in [0, 0.1) is 0 Å². The molecule has 1 aromatic carbocycles. The number of aliphatic hydroxyl groups is 1. The third kappa shape index (κ3) is 3.61. The van der Waals surface area contributed by atoms with Gasteiger partial charge in [0.05, 0.1) is 18.7 Å². The van der Waals surface area contributed by atoms with Crippen LogP contribution in [0.2, 0.25) is 0 Å². The molecule has 1 N–H and O–H groups in total. The largest absolute Gasteiger partial charge is 0.507 e. The number of likely N-dealkylation sites (tertiary alicyclic amines) is 1. The van der Waals surface area contributed by atoms with Crippen LogP contribution >= 0.6 is 0 Å². The summed E-state index contributed by atoms with van der Waals surface area (Å²) in [7, 11) is 3.11. The van der Waals surface area contributed by atoms with E-state index in [4.69, 9.17) is 9.47 Å². The summed E-state index contributed by atoms with van der Waals surface area (Å²) in [6.07, 6.45) is 3.59. The zero-order valence-corrected chi connectivity index (χ0v) is 15.8. The van der Waals surface area contributed by atoms with Gasteiger partial charge in [0.25, 0.3) is 11.7 Å². The van der Waals surface area contributed by atoms with E-state index in [-0.39, 0.29) is 11.3 Å². The number of aliphatic hydroxyl groups excluding tert-OH is 1. The van der Waals surface area contributed by atoms with Crippen LogP contribution in [0.15, 0.2) is 54.4 Å². The van der Waals surface area contributed by atoms with E-state index in [1.807, 2.05) is 6.07 Å². The van der Waals surface area contributed by atoms with Crippen LogP contribution in [-0.4, -0.2) is 54.1 Å². The van der Waals surface area contributed by atoms with Gasteiger partial charge in [-0.25, -0.2) is 0 Å². The number of para-hydroxylation sites is 1. The summed E-state index contributed by atoms with van der Waals surface area (Å²) >= 11 is 0. The minimum Gasteiger partial charge on any atom is -0.507 e. The van der Waals surface area contributed by atoms with Gasteiger partial charge in [0.1, 0.15) is 11.5 Å². The minimum atomic E-state index is -0.749. The summed E-state index contributed by atoms with van der Waals surface area (Å²) in [6.45, 7) is 0.764. The average Bonchev–Trinajstić information content (AvgIpc) is 2.98. The van der Waals surface area contributed by atoms with Crippen molar-refractivity contribution in [1.82, 2.24) is 9.88 Å². The number of pyridine rings is 1. The van der Waals surface area contributed by atoms with Crippen molar-refractivity contribution in [2.45, 2.75) is 12.5 Å². The molecule has 1 atom stereocenters. The summed E-state index contributed by atoms with van der Waals surface area (Å²) < 4.78 is 10.5. The molecule has 1 amide bonds. The molecule has 0 bridgehead atoms. The van der Waals surface area contributed by atoms with Gasteiger partial charge in [0.2, 0.25) is 0 Å². The third-order valence-corrected chi connectivity index (χ3v) is 4.67. The molecule has 1 saturated heterocycles. The molecule has 7 nitrogen and oxygen atoms in total. The number of ether oxygens (including phenoxy) is 2. The standard InChI is InChI=1S/C21H22N2O5/c1-27-13-5-12-23-18(15-6-3-4-7-16(15)28-2)17(20(25)21(23)26)19(24)14-8-10-22-11-9-14/h3-4,6-11,18,24H,5,12-13H2,1-2H3/b19-17-. The van der Waals surface area contributed by atoms with Gasteiger partial charge >= 0.3 is 0 Å². The van der Waals surface area contributed by atoms with Crippen LogP contribution in [0.4, 0.5) is 0 Å². The quantitative estimate of drug-likeness (QED) is 0.343. The number of benzene rings is 1. The van der Waals surface area contributed by atoms with E-state index < -0.39 is 17.7 Å². The maximum absolute atomic E-state index is 12.8. The van der Waals surface area contributed by atoms with Crippen molar-refractivity contribution in [2.75, 3.05) is 27.4 Å². The lowest BCUT2D eigenvalue weighted by Gasteiger charge is -2.26. The molecule has 0 spiro atoms. The molecular formula is C21H22N2O5. The molecule has 2 heterocycles. The lowest BCUT2D eigenvalue weighted by Crippen LogP contribution is -2.31. The van der Waals surface area contributed by atoms with E-state index in [1.165, 1.54) is 24.4 Å². The second-order valence-corrected chi connectivity index (χ2v) is 6.32. The van der Waals surface area contributed by atoms with Gasteiger partial charge in [-0.1, -0.05) is 18.2 Å². The van der Waals surface area contributed by atoms with Crippen molar-refractivity contribution in [1.29, 1.82) is 0 Å². The number of aromatic nitrogens is 1. The van der Waals surface area contributed by atoms with E-state index in [0.717, 1.165) is 0 Å². The van der Waals surface area contributed by atoms with Gasteiger partial charge < -0.3 is 19.5 Å². The summed E-state index contributed by atoms with van der Waals surface area (Å²) in [5.41, 5.74) is 1.10. The predicted octanol–water partition coefficient (Wildman–Crippen LogP) is 2.55. The first kappa shape index (κ1) is 19.6. The Labute approximate surface area is 163 Å². The fourth-order valence-corrected chi connectivity index (χ4v) is 3.37. The number of hydrogen-bond acceptors (Lipinski definition) is 6. The monoisotopic (exact) mass is 382 g/mol. The first-order chi connectivity index (χ1) is 13.6. The average molecular weight is 382 g/mol. The number of carbonyl (C=O) groups is 2. The van der Waals surface area contributed by atoms with Crippen molar-refractivity contribution < 1.29 is 24.2 Å². The zero-order valence-electron chi connectivity index (χ0n) is 15.8. The van der Waals surface area contributed by atoms with Crippen molar-refractivity contribution in [3.63, 3.8) is 0 Å². The molecule has 0 saturated carbocycles. The van der Waals surface area contributed by atoms with Gasteiger partial charge in [-0.2, -0.15) is 0 Å². The summed E-state index contributed by atoms with van der Waals surface area (Å²) in [6, 6.07) is 9.60. The molecule has 1 unspecified atom stereocenters. The molecule has 146 valence electrons. The Hall–Kier alpha value is -3.19. The van der Waals surface area contributed by atoms with E-state index in [1.54, 1.807) is 37.4 Å². The molecule has 3 rings (SSSR count). The second kappa shape index (κ2) is 8.67. The topological polar surface area (TPSA) is 89.0 Å². The predicted molar refractivity (Wildman–Crippen MR) is 103 cm³/mol. The maximum Gasteiger partial charge on any atom is 0.295 e. The fraction of sp³-hybridized carbons (Fsp3) is 0.286. The van der Waals surface area contributed by atoms with Gasteiger partial charge in [-0.15, -0.1) is 0 Å². The van der Waals surface area contributed by atoms with Gasteiger partial charge in [-0.05, 0) is 24.6 Å². The van der Waals surface area contributed by atoms with Crippen molar-refractivity contribution in [2.24, 2.45) is 0 Å². The van der Waals surface area contributed by atoms with Crippen molar-refractivity contribution in [3.8, 4) is 5.75 Å². The Morgan fingerprint density at radius 3 is 2.54 bits per heavy atom. The smallest absolute Gasteiger partial charge is 0.295 e. The number of rotatable bonds is 7. The van der Waals surface area contributed by atoms with Crippen LogP contribution in [0.5, 0.6) is 5.75 Å². The van der Waals surface area contributed by atoms with E-state index in [2.05, 4.69) is 4.98 Å². The van der Waals surface area contributed by atoms with E-state index >= 15 is 0 Å². The first-order valence-electron chi connectivity index (χ1n) is 8.90. The van der Waals surface area contributed by atoms with E-state index in [9.17, 15) is 14.7 Å². The Bertz CT molecular complexity index is 895. The second-order valence-electron chi connectivity index (χ2n) is 6.32. The van der Waals surface area contributed by atoms with Crippen LogP contribution in [0.1, 0.15) is 23.6 Å². The number of amides is 1. The molecule has 7 heteroatoms. The summed E-state index contributed by atoms with van der Waals surface area (Å²) in [5.74, 6) is -1.07. The Morgan fingerprint density at radius 2 is 1.86 bits per heavy atom. The highest BCUT2D eigenvalue weighted by Gasteiger charge is 2.46. The third-order valence-electron chi connectivity index (χ3n) is 4.67. The number of nitrogens with zero attached hydrogens (tertiary/aromatic N) is 2. The van der Waals surface area contributed by atoms with Crippen LogP contribution < -0.4 is 4.74 Å². The molecule has 0 radical (unpaired) electrons. The molecule has 28 heavy (non-hydrogen) atoms. The molecule has 2 aromatic rings. The lowest BCUT2D eigenvalue weighted by molar-refractivity contribution is -0.140. The molecule has 1 aromatic heterocycles. The minimum absolute atomic E-state index is 0.0399. The molecule has 0 aliphatic carbocycles. The summed E-state index contributed by atoms with van der Waals surface area (Å²) in [5, 5.41) is 10.9. The van der Waals surface area contributed by atoms with Crippen LogP contribution in [0.3, 0.4) is 0 Å². The Morgan fingerprint density at radius 1 is 1.14 bits per heavy atom. The van der Waals surface area contributed by atoms with Gasteiger partial charge in [0, 0.05) is 43.8 Å². The highest BCUT2D eigenvalue weighted by molar-refractivity contribution is 6.46. The highest BCUT2D eigenvalue weighted by Crippen LogP contribution is 2.42. The van der Waals surface area contributed by atoms with Crippen LogP contribution in [-0.2, 0) is 14.3 Å². The Kier molecular flexibility index (Phi) is 6.06. The fourth-order valence-electron chi connectivity index (χ4n) is 3.37. The number of Topliss-reactive ketones (excluding diaryl/α,β-unsaturated/α-hetero) is 1. The van der Waals surface area contributed by atoms with Crippen molar-refractivity contribution in [3.05, 3.63) is 65.5 Å². The zero-order chi connectivity index (χ0) is 20.1. The molecular weight excluding hydrogens is 360 g/mol. The first-order valence-corrected chi connectivity index (χ1v) is 8.90. The lowest BCUT2D eigenvalue weighted by atomic mass is 9.95. The van der Waals surface area contributed by atoms with E-state index in [0.29, 0.717) is 36.4 Å². The van der Waals surface area contributed by atoms with Crippen LogP contribution in [0.25, 0.3) is 5.76 Å². The number of ketones is 1. The maximum atomic E-state index is 12.8. The molecule has 1 aliphatic rings. The SMILES string of the molecule is COCCCN1C(=O)C(=O)/C(=C(\O)c2ccncc2)C1c1ccccc1OC. The van der Waals surface area contributed by atoms with Crippen molar-refractivity contribution >= 4 is 17.4 Å². The van der Waals surface area contributed by atoms with Gasteiger partial charge in [0.15, 0.2) is 0 Å². The molecule has 1 aliphatic heterocycles. The Balaban J connectivity index is 2.16. The number of carbonyl (C=O) groups excluding carboxylic acids is 2. The summed E-state index contributed by atoms with van der Waals surface area (Å²) in [4.78, 5) is 31.0. The highest BCUT2D eigenvalue weighted by atomic mass is 16.5. The molecule has 1 fully saturated rings. The number of hydrogen-bond donors (Lipinski definition) is 1. The van der Waals surface area contributed by atoms with Gasteiger partial charge in [-0.3, -0.25) is 14.6 Å².